The van der Waals surface area contributed by atoms with Gasteiger partial charge in [-0.2, -0.15) is 5.54 Å². The Hall–Kier alpha value is -0.150. The fourth-order valence-corrected chi connectivity index (χ4v) is 0.0445. The van der Waals surface area contributed by atoms with Crippen molar-refractivity contribution in [3.05, 3.63) is 0 Å². The van der Waals surface area contributed by atoms with E-state index in [0.717, 1.165) is 0 Å². The Balaban J connectivity index is 2.75. The molecule has 1 unspecified atom stereocenters. The molecule has 0 rings (SSSR count). The molecular weight excluding hydrogens is 83.0 g/mol. The van der Waals surface area contributed by atoms with Crippen molar-refractivity contribution in [2.45, 2.75) is 13.0 Å². The summed E-state index contributed by atoms with van der Waals surface area (Å²) in [6.45, 7) is 2.01. The highest BCUT2D eigenvalue weighted by Gasteiger charge is 1.90. The Labute approximate surface area is 36.5 Å². The van der Waals surface area contributed by atoms with Gasteiger partial charge in [0.2, 0.25) is 0 Å². The number of hydrogen-bond acceptors (Lipinski definition) is 2. The van der Waals surface area contributed by atoms with Crippen LogP contribution < -0.4 is 11.3 Å². The number of halogens is 1. The summed E-state index contributed by atoms with van der Waals surface area (Å²) >= 11 is 0. The maximum atomic E-state index is 11.1. The highest BCUT2D eigenvalue weighted by Crippen LogP contribution is 1.70. The largest absolute Gasteiger partial charge is 0.329 e. The minimum Gasteiger partial charge on any atom is -0.329 e. The highest BCUT2D eigenvalue weighted by atomic mass is 19.2. The molecule has 0 radical (unpaired) electrons. The third kappa shape index (κ3) is 2.11. The molecule has 38 valence electrons. The van der Waals surface area contributed by atoms with E-state index in [1.165, 1.54) is 5.54 Å². The predicted molar refractivity (Wildman–Crippen MR) is 22.8 cm³/mol. The van der Waals surface area contributed by atoms with Crippen LogP contribution in [0, 0.1) is 0 Å². The lowest BCUT2D eigenvalue weighted by Gasteiger charge is -1.98. The molecule has 0 aromatic carbocycles. The van der Waals surface area contributed by atoms with Gasteiger partial charge in [0.25, 0.3) is 0 Å². The van der Waals surface area contributed by atoms with Crippen molar-refractivity contribution in [1.29, 1.82) is 0 Å². The zero-order valence-electron chi connectivity index (χ0n) is 3.74. The van der Waals surface area contributed by atoms with E-state index in [-0.39, 0.29) is 6.04 Å². The number of nitrogens with two attached hydrogens (primary N) is 1. The fraction of sp³-hybridized carbons (Fsp3) is 1.00. The first-order valence-corrected chi connectivity index (χ1v) is 1.87. The van der Waals surface area contributed by atoms with Crippen molar-refractivity contribution in [3.8, 4) is 0 Å². The first-order chi connectivity index (χ1) is 2.81. The van der Waals surface area contributed by atoms with Crippen LogP contribution in [0.1, 0.15) is 6.92 Å². The van der Waals surface area contributed by atoms with E-state index < -0.39 is 0 Å². The van der Waals surface area contributed by atoms with Gasteiger partial charge in [-0.3, -0.25) is 0 Å². The van der Waals surface area contributed by atoms with Crippen molar-refractivity contribution < 1.29 is 4.48 Å². The summed E-state index contributed by atoms with van der Waals surface area (Å²) in [4.78, 5) is 0. The monoisotopic (exact) mass is 92.1 g/mol. The second kappa shape index (κ2) is 3.06. The Morgan fingerprint density at radius 1 is 2.00 bits per heavy atom. The molecule has 0 aromatic rings. The molecule has 0 saturated heterocycles. The summed E-state index contributed by atoms with van der Waals surface area (Å²) in [6.07, 6.45) is 0. The molecule has 0 bridgehead atoms. The Kier molecular flexibility index (Phi) is 2.98. The van der Waals surface area contributed by atoms with Crippen LogP contribution in [0.2, 0.25) is 0 Å². The molecule has 0 aromatic heterocycles. The third-order valence-corrected chi connectivity index (χ3v) is 0.540. The maximum Gasteiger partial charge on any atom is 0.0465 e. The van der Waals surface area contributed by atoms with E-state index in [4.69, 9.17) is 5.73 Å². The minimum atomic E-state index is -0.204. The van der Waals surface area contributed by atoms with Gasteiger partial charge in [-0.1, -0.05) is 0 Å². The molecule has 0 heterocycles. The maximum absolute atomic E-state index is 11.1. The summed E-state index contributed by atoms with van der Waals surface area (Å²) in [7, 11) is 0. The van der Waals surface area contributed by atoms with E-state index >= 15 is 0 Å². The van der Waals surface area contributed by atoms with Crippen LogP contribution >= 0.6 is 0 Å². The van der Waals surface area contributed by atoms with Gasteiger partial charge in [-0.05, 0) is 6.92 Å². The molecule has 0 aliphatic heterocycles. The van der Waals surface area contributed by atoms with Crippen molar-refractivity contribution in [3.63, 3.8) is 0 Å². The van der Waals surface area contributed by atoms with Crippen LogP contribution in [0.3, 0.4) is 0 Å². The first-order valence-electron chi connectivity index (χ1n) is 1.87. The van der Waals surface area contributed by atoms with Crippen LogP contribution in [0.5, 0.6) is 0 Å². The smallest absolute Gasteiger partial charge is 0.0465 e. The quantitative estimate of drug-likeness (QED) is 0.463. The first kappa shape index (κ1) is 5.85. The van der Waals surface area contributed by atoms with Gasteiger partial charge in [0, 0.05) is 12.6 Å². The van der Waals surface area contributed by atoms with Gasteiger partial charge < -0.3 is 5.73 Å². The van der Waals surface area contributed by atoms with Crippen LogP contribution in [-0.4, -0.2) is 12.6 Å². The van der Waals surface area contributed by atoms with E-state index in [0.29, 0.717) is 6.54 Å². The lowest BCUT2D eigenvalue weighted by atomic mass is 10.4. The summed E-state index contributed by atoms with van der Waals surface area (Å²) in [5.41, 5.74) is 6.47. The lowest BCUT2D eigenvalue weighted by molar-refractivity contribution is 0.285. The van der Waals surface area contributed by atoms with Gasteiger partial charge in [-0.15, -0.1) is 4.48 Å². The molecule has 0 aliphatic rings. The molecule has 3 heteroatoms. The zero-order chi connectivity index (χ0) is 4.99. The second-order valence-corrected chi connectivity index (χ2v) is 1.25. The highest BCUT2D eigenvalue weighted by molar-refractivity contribution is 4.50. The molecule has 0 saturated carbocycles. The van der Waals surface area contributed by atoms with E-state index in [2.05, 4.69) is 0 Å². The fourth-order valence-electron chi connectivity index (χ4n) is 0.0445. The van der Waals surface area contributed by atoms with Crippen LogP contribution in [0.4, 0.5) is 4.48 Å². The van der Waals surface area contributed by atoms with Crippen molar-refractivity contribution >= 4 is 0 Å². The summed E-state index contributed by atoms with van der Waals surface area (Å²) in [6, 6.07) is -0.204. The average Bonchev–Trinajstić information content (AvgIpc) is 1.65. The third-order valence-electron chi connectivity index (χ3n) is 0.540. The van der Waals surface area contributed by atoms with Crippen molar-refractivity contribution in [1.82, 2.24) is 5.54 Å². The van der Waals surface area contributed by atoms with Gasteiger partial charge in [0.15, 0.2) is 0 Å². The van der Waals surface area contributed by atoms with Gasteiger partial charge in [-0.25, -0.2) is 0 Å². The Morgan fingerprint density at radius 2 is 2.50 bits per heavy atom. The van der Waals surface area contributed by atoms with E-state index in [1.807, 2.05) is 0 Å². The SMILES string of the molecule is CC(CN)NF. The van der Waals surface area contributed by atoms with Crippen LogP contribution in [-0.2, 0) is 0 Å². The second-order valence-electron chi connectivity index (χ2n) is 1.25. The summed E-state index contributed by atoms with van der Waals surface area (Å²) in [5.74, 6) is 0. The van der Waals surface area contributed by atoms with Gasteiger partial charge in [0.1, 0.15) is 0 Å². The predicted octanol–water partition coefficient (Wildman–Crippen LogP) is -0.192. The van der Waals surface area contributed by atoms with Gasteiger partial charge >= 0.3 is 0 Å². The molecule has 2 nitrogen and oxygen atoms in total. The average molecular weight is 92.1 g/mol. The molecule has 0 amide bonds. The zero-order valence-corrected chi connectivity index (χ0v) is 3.74. The molecule has 6 heavy (non-hydrogen) atoms. The number of hydrogen-bond donors (Lipinski definition) is 2. The molecule has 0 spiro atoms. The standard InChI is InChI=1S/C3H9FN2/c1-3(2-5)6-4/h3,6H,2,5H2,1H3. The molecular formula is C3H9FN2. The topological polar surface area (TPSA) is 38.0 Å². The van der Waals surface area contributed by atoms with Gasteiger partial charge in [0.05, 0.1) is 0 Å². The van der Waals surface area contributed by atoms with E-state index in [1.54, 1.807) is 6.92 Å². The summed E-state index contributed by atoms with van der Waals surface area (Å²) < 4.78 is 11.1. The normalized spacial score (nSPS) is 14.5. The van der Waals surface area contributed by atoms with Crippen molar-refractivity contribution in [2.24, 2.45) is 5.73 Å². The molecule has 0 fully saturated rings. The Bertz CT molecular complexity index is 28.0. The summed E-state index contributed by atoms with van der Waals surface area (Å²) in [5, 5.41) is 0. The molecule has 1 atom stereocenters. The van der Waals surface area contributed by atoms with Crippen LogP contribution in [0.15, 0.2) is 0 Å². The molecule has 3 N–H and O–H groups in total. The number of rotatable bonds is 2. The minimum absolute atomic E-state index is 0.204. The Morgan fingerprint density at radius 3 is 2.50 bits per heavy atom. The molecule has 0 aliphatic carbocycles. The number of nitrogens with one attached hydrogen (secondary N) is 1. The van der Waals surface area contributed by atoms with E-state index in [9.17, 15) is 4.48 Å². The van der Waals surface area contributed by atoms with Crippen molar-refractivity contribution in [2.75, 3.05) is 6.54 Å². The lowest BCUT2D eigenvalue weighted by Crippen LogP contribution is -2.26. The van der Waals surface area contributed by atoms with Crippen LogP contribution in [0.25, 0.3) is 0 Å².